The van der Waals surface area contributed by atoms with Crippen molar-refractivity contribution in [1.82, 2.24) is 10.2 Å². The molecule has 0 bridgehead atoms. The number of carbonyl (C=O) groups is 2. The summed E-state index contributed by atoms with van der Waals surface area (Å²) in [4.78, 5) is 27.0. The molecule has 1 aromatic heterocycles. The third-order valence-corrected chi connectivity index (χ3v) is 5.07. The second-order valence-electron chi connectivity index (χ2n) is 7.05. The minimum absolute atomic E-state index is 0.0351. The fourth-order valence-electron chi connectivity index (χ4n) is 3.51. The van der Waals surface area contributed by atoms with Crippen molar-refractivity contribution in [3.63, 3.8) is 0 Å². The number of carbonyl (C=O) groups excluding carboxylic acids is 2. The number of piperidine rings is 1. The van der Waals surface area contributed by atoms with Crippen LogP contribution in [0.3, 0.4) is 0 Å². The Morgan fingerprint density at radius 2 is 1.62 bits per heavy atom. The molecule has 148 valence electrons. The van der Waals surface area contributed by atoms with Gasteiger partial charge in [0.1, 0.15) is 0 Å². The Bertz CT molecular complexity index is 962. The summed E-state index contributed by atoms with van der Waals surface area (Å²) in [6.07, 6.45) is 2.93. The van der Waals surface area contributed by atoms with Crippen LogP contribution in [0.1, 0.15) is 33.8 Å². The van der Waals surface area contributed by atoms with Gasteiger partial charge in [0.15, 0.2) is 5.76 Å². The smallest absolute Gasteiger partial charge is 0.289 e. The molecule has 2 amide bonds. The second kappa shape index (κ2) is 8.65. The van der Waals surface area contributed by atoms with Gasteiger partial charge in [-0.1, -0.05) is 30.3 Å². The fourth-order valence-corrected chi connectivity index (χ4v) is 3.51. The molecule has 0 saturated carbocycles. The molecule has 1 fully saturated rings. The predicted molar refractivity (Wildman–Crippen MR) is 111 cm³/mol. The van der Waals surface area contributed by atoms with Crippen molar-refractivity contribution < 1.29 is 14.0 Å². The Kier molecular flexibility index (Phi) is 5.61. The van der Waals surface area contributed by atoms with E-state index in [-0.39, 0.29) is 17.9 Å². The number of amides is 2. The molecule has 0 spiro atoms. The molecule has 0 unspecified atom stereocenters. The van der Waals surface area contributed by atoms with Crippen molar-refractivity contribution in [2.45, 2.75) is 18.9 Å². The number of anilines is 2. The van der Waals surface area contributed by atoms with Crippen LogP contribution in [0.4, 0.5) is 11.4 Å². The molecule has 2 heterocycles. The Hall–Kier alpha value is -3.54. The number of benzene rings is 2. The Balaban J connectivity index is 1.36. The van der Waals surface area contributed by atoms with Crippen LogP contribution >= 0.6 is 0 Å². The van der Waals surface area contributed by atoms with Gasteiger partial charge < -0.3 is 20.0 Å². The van der Waals surface area contributed by atoms with E-state index in [9.17, 15) is 9.59 Å². The topological polar surface area (TPSA) is 74.6 Å². The Labute approximate surface area is 169 Å². The van der Waals surface area contributed by atoms with Gasteiger partial charge in [-0.2, -0.15) is 0 Å². The second-order valence-corrected chi connectivity index (χ2v) is 7.05. The molecule has 0 radical (unpaired) electrons. The van der Waals surface area contributed by atoms with Crippen LogP contribution in [0, 0.1) is 0 Å². The van der Waals surface area contributed by atoms with Crippen molar-refractivity contribution in [3.8, 4) is 0 Å². The summed E-state index contributed by atoms with van der Waals surface area (Å²) < 4.78 is 5.19. The van der Waals surface area contributed by atoms with Crippen LogP contribution < -0.4 is 10.6 Å². The predicted octanol–water partition coefficient (Wildman–Crippen LogP) is 4.06. The average Bonchev–Trinajstić information content (AvgIpc) is 3.30. The number of nitrogens with zero attached hydrogens (tertiary/aromatic N) is 1. The molecule has 2 N–H and O–H groups in total. The lowest BCUT2D eigenvalue weighted by Gasteiger charge is -2.32. The third-order valence-electron chi connectivity index (χ3n) is 5.07. The molecule has 29 heavy (non-hydrogen) atoms. The SMILES string of the molecule is O=C(NC1CCN(C(=O)c2ccco2)CC1)c1ccccc1Nc1ccccc1. The van der Waals surface area contributed by atoms with Crippen molar-refractivity contribution in [1.29, 1.82) is 0 Å². The van der Waals surface area contributed by atoms with Gasteiger partial charge in [0.25, 0.3) is 11.8 Å². The van der Waals surface area contributed by atoms with E-state index in [4.69, 9.17) is 4.42 Å². The first-order valence-electron chi connectivity index (χ1n) is 9.75. The number of furan rings is 1. The monoisotopic (exact) mass is 389 g/mol. The molecular formula is C23H23N3O3. The van der Waals surface area contributed by atoms with Crippen molar-refractivity contribution in [2.24, 2.45) is 0 Å². The first-order chi connectivity index (χ1) is 14.2. The average molecular weight is 389 g/mol. The van der Waals surface area contributed by atoms with Crippen LogP contribution in [0.15, 0.2) is 77.4 Å². The first kappa shape index (κ1) is 18.8. The van der Waals surface area contributed by atoms with Crippen LogP contribution in [0.5, 0.6) is 0 Å². The lowest BCUT2D eigenvalue weighted by atomic mass is 10.0. The van der Waals surface area contributed by atoms with E-state index in [0.717, 1.165) is 11.4 Å². The maximum atomic E-state index is 12.9. The third kappa shape index (κ3) is 4.48. The molecule has 4 rings (SSSR count). The highest BCUT2D eigenvalue weighted by molar-refractivity contribution is 6.00. The Morgan fingerprint density at radius 3 is 2.34 bits per heavy atom. The van der Waals surface area contributed by atoms with Gasteiger partial charge in [0.05, 0.1) is 17.5 Å². The van der Waals surface area contributed by atoms with Crippen LogP contribution in [-0.4, -0.2) is 35.8 Å². The molecule has 0 atom stereocenters. The molecule has 6 nitrogen and oxygen atoms in total. The van der Waals surface area contributed by atoms with Crippen LogP contribution in [-0.2, 0) is 0 Å². The summed E-state index contributed by atoms with van der Waals surface area (Å²) in [6, 6.07) is 20.7. The van der Waals surface area contributed by atoms with Gasteiger partial charge in [-0.15, -0.1) is 0 Å². The van der Waals surface area contributed by atoms with E-state index >= 15 is 0 Å². The van der Waals surface area contributed by atoms with Crippen LogP contribution in [0.25, 0.3) is 0 Å². The summed E-state index contributed by atoms with van der Waals surface area (Å²) in [5, 5.41) is 6.42. The number of hydrogen-bond donors (Lipinski definition) is 2. The molecule has 1 saturated heterocycles. The normalized spacial score (nSPS) is 14.4. The van der Waals surface area contributed by atoms with Gasteiger partial charge in [-0.05, 0) is 49.2 Å². The number of para-hydroxylation sites is 2. The van der Waals surface area contributed by atoms with Gasteiger partial charge in [0, 0.05) is 24.8 Å². The Morgan fingerprint density at radius 1 is 0.897 bits per heavy atom. The first-order valence-corrected chi connectivity index (χ1v) is 9.75. The minimum Gasteiger partial charge on any atom is -0.459 e. The molecule has 3 aromatic rings. The van der Waals surface area contributed by atoms with Crippen molar-refractivity contribution in [2.75, 3.05) is 18.4 Å². The molecule has 6 heteroatoms. The molecule has 0 aliphatic carbocycles. The fraction of sp³-hybridized carbons (Fsp3) is 0.217. The maximum Gasteiger partial charge on any atom is 0.289 e. The summed E-state index contributed by atoms with van der Waals surface area (Å²) >= 11 is 0. The number of hydrogen-bond acceptors (Lipinski definition) is 4. The molecule has 1 aliphatic rings. The van der Waals surface area contributed by atoms with E-state index < -0.39 is 0 Å². The number of rotatable bonds is 5. The highest BCUT2D eigenvalue weighted by Gasteiger charge is 2.26. The van der Waals surface area contributed by atoms with Gasteiger partial charge in [0.2, 0.25) is 0 Å². The zero-order valence-electron chi connectivity index (χ0n) is 16.0. The van der Waals surface area contributed by atoms with Crippen molar-refractivity contribution >= 4 is 23.2 Å². The van der Waals surface area contributed by atoms with Crippen LogP contribution in [0.2, 0.25) is 0 Å². The van der Waals surface area contributed by atoms with Gasteiger partial charge in [-0.3, -0.25) is 9.59 Å². The van der Waals surface area contributed by atoms with E-state index in [2.05, 4.69) is 10.6 Å². The summed E-state index contributed by atoms with van der Waals surface area (Å²) in [5.74, 6) is 0.144. The minimum atomic E-state index is -0.111. The zero-order valence-corrected chi connectivity index (χ0v) is 16.0. The number of nitrogens with one attached hydrogen (secondary N) is 2. The summed E-state index contributed by atoms with van der Waals surface area (Å²) in [5.41, 5.74) is 2.30. The summed E-state index contributed by atoms with van der Waals surface area (Å²) in [6.45, 7) is 1.18. The highest BCUT2D eigenvalue weighted by atomic mass is 16.3. The van der Waals surface area contributed by atoms with Gasteiger partial charge in [-0.25, -0.2) is 0 Å². The lowest BCUT2D eigenvalue weighted by Crippen LogP contribution is -2.46. The van der Waals surface area contributed by atoms with Crippen molar-refractivity contribution in [3.05, 3.63) is 84.3 Å². The largest absolute Gasteiger partial charge is 0.459 e. The maximum absolute atomic E-state index is 12.9. The van der Waals surface area contributed by atoms with E-state index in [1.54, 1.807) is 17.0 Å². The quantitative estimate of drug-likeness (QED) is 0.690. The molecule has 2 aromatic carbocycles. The van der Waals surface area contributed by atoms with Gasteiger partial charge >= 0.3 is 0 Å². The molecule has 1 aliphatic heterocycles. The zero-order chi connectivity index (χ0) is 20.1. The molecular weight excluding hydrogens is 366 g/mol. The van der Waals surface area contributed by atoms with E-state index in [1.165, 1.54) is 6.26 Å². The standard InChI is InChI=1S/C23H23N3O3/c27-22(19-9-4-5-10-20(19)24-17-7-2-1-3-8-17)25-18-12-14-26(15-13-18)23(28)21-11-6-16-29-21/h1-11,16,18,24H,12-15H2,(H,25,27). The lowest BCUT2D eigenvalue weighted by molar-refractivity contribution is 0.0667. The number of likely N-dealkylation sites (tertiary alicyclic amines) is 1. The summed E-state index contributed by atoms with van der Waals surface area (Å²) in [7, 11) is 0. The van der Waals surface area contributed by atoms with E-state index in [0.29, 0.717) is 37.3 Å². The van der Waals surface area contributed by atoms with E-state index in [1.807, 2.05) is 54.6 Å². The highest BCUT2D eigenvalue weighted by Crippen LogP contribution is 2.21.